The van der Waals surface area contributed by atoms with Crippen molar-refractivity contribution in [2.75, 3.05) is 7.05 Å². The number of rotatable bonds is 5. The number of carbonyl (C=O) groups excluding carboxylic acids is 2. The second kappa shape index (κ2) is 7.38. The summed E-state index contributed by atoms with van der Waals surface area (Å²) in [6, 6.07) is 6.69. The van der Waals surface area contributed by atoms with Crippen molar-refractivity contribution in [2.45, 2.75) is 19.4 Å². The molecule has 0 saturated heterocycles. The van der Waals surface area contributed by atoms with Crippen molar-refractivity contribution in [2.24, 2.45) is 0 Å². The van der Waals surface area contributed by atoms with Crippen molar-refractivity contribution in [3.63, 3.8) is 0 Å². The van der Waals surface area contributed by atoms with Crippen LogP contribution in [-0.4, -0.2) is 29.9 Å². The normalized spacial score (nSPS) is 11.8. The van der Waals surface area contributed by atoms with Crippen LogP contribution in [0.3, 0.4) is 0 Å². The van der Waals surface area contributed by atoms with E-state index in [2.05, 4.69) is 15.6 Å². The summed E-state index contributed by atoms with van der Waals surface area (Å²) in [6.07, 6.45) is 0.513. The molecule has 2 rings (SSSR count). The van der Waals surface area contributed by atoms with Gasteiger partial charge in [-0.15, -0.1) is 11.3 Å². The van der Waals surface area contributed by atoms with Crippen LogP contribution in [0, 0.1) is 0 Å². The zero-order valence-corrected chi connectivity index (χ0v) is 13.8. The highest BCUT2D eigenvalue weighted by Gasteiger charge is 2.20. The van der Waals surface area contributed by atoms with Crippen molar-refractivity contribution >= 4 is 34.8 Å². The van der Waals surface area contributed by atoms with Gasteiger partial charge in [0.2, 0.25) is 5.91 Å². The van der Waals surface area contributed by atoms with E-state index in [1.807, 2.05) is 19.1 Å². The molecule has 116 valence electrons. The van der Waals surface area contributed by atoms with Gasteiger partial charge in [0.25, 0.3) is 5.91 Å². The Labute approximate surface area is 137 Å². The van der Waals surface area contributed by atoms with Crippen LogP contribution in [0.1, 0.15) is 23.8 Å². The highest BCUT2D eigenvalue weighted by Crippen LogP contribution is 2.25. The van der Waals surface area contributed by atoms with Crippen LogP contribution < -0.4 is 10.6 Å². The number of nitrogens with zero attached hydrogens (tertiary/aromatic N) is 1. The summed E-state index contributed by atoms with van der Waals surface area (Å²) in [4.78, 5) is 28.1. The third-order valence-corrected chi connectivity index (χ3v) is 4.25. The second-order valence-electron chi connectivity index (χ2n) is 4.59. The first kappa shape index (κ1) is 16.5. The number of carbonyl (C=O) groups is 2. The zero-order chi connectivity index (χ0) is 16.1. The molecule has 1 heterocycles. The van der Waals surface area contributed by atoms with Crippen LogP contribution in [0.15, 0.2) is 29.6 Å². The van der Waals surface area contributed by atoms with E-state index in [1.54, 1.807) is 24.6 Å². The Morgan fingerprint density at radius 3 is 2.59 bits per heavy atom. The van der Waals surface area contributed by atoms with Crippen molar-refractivity contribution in [3.05, 3.63) is 40.4 Å². The SMILES string of the molecule is CC[C@H](NC(=O)c1csc(-c2ccc(Cl)cc2)n1)C(=O)NC. The minimum absolute atomic E-state index is 0.219. The van der Waals surface area contributed by atoms with Crippen molar-refractivity contribution in [3.8, 4) is 10.6 Å². The predicted molar refractivity (Wildman–Crippen MR) is 88.2 cm³/mol. The predicted octanol–water partition coefficient (Wildman–Crippen LogP) is 2.72. The number of hydrogen-bond acceptors (Lipinski definition) is 4. The summed E-state index contributed by atoms with van der Waals surface area (Å²) in [5.74, 6) is -0.573. The molecule has 1 atom stereocenters. The lowest BCUT2D eigenvalue weighted by molar-refractivity contribution is -0.122. The molecule has 0 aliphatic heterocycles. The number of halogens is 1. The van der Waals surface area contributed by atoms with Crippen molar-refractivity contribution in [1.82, 2.24) is 15.6 Å². The van der Waals surface area contributed by atoms with E-state index in [-0.39, 0.29) is 11.8 Å². The van der Waals surface area contributed by atoms with Crippen LogP contribution in [0.4, 0.5) is 0 Å². The highest BCUT2D eigenvalue weighted by atomic mass is 35.5. The Hall–Kier alpha value is -1.92. The number of benzene rings is 1. The maximum atomic E-state index is 12.2. The van der Waals surface area contributed by atoms with Gasteiger partial charge in [-0.25, -0.2) is 4.98 Å². The van der Waals surface area contributed by atoms with Crippen molar-refractivity contribution < 1.29 is 9.59 Å². The van der Waals surface area contributed by atoms with Crippen LogP contribution in [0.25, 0.3) is 10.6 Å². The number of thiazole rings is 1. The van der Waals surface area contributed by atoms with Gasteiger partial charge >= 0.3 is 0 Å². The fourth-order valence-electron chi connectivity index (χ4n) is 1.86. The molecule has 0 saturated carbocycles. The van der Waals surface area contributed by atoms with Crippen LogP contribution >= 0.6 is 22.9 Å². The molecule has 0 aliphatic carbocycles. The lowest BCUT2D eigenvalue weighted by atomic mass is 10.2. The lowest BCUT2D eigenvalue weighted by Gasteiger charge is -2.14. The third-order valence-electron chi connectivity index (χ3n) is 3.10. The molecule has 0 spiro atoms. The fourth-order valence-corrected chi connectivity index (χ4v) is 2.79. The van der Waals surface area contributed by atoms with Gasteiger partial charge in [-0.1, -0.05) is 30.7 Å². The van der Waals surface area contributed by atoms with E-state index in [1.165, 1.54) is 11.3 Å². The molecule has 2 amide bonds. The molecule has 0 radical (unpaired) electrons. The Kier molecular flexibility index (Phi) is 5.51. The van der Waals surface area contributed by atoms with Gasteiger partial charge in [0.1, 0.15) is 16.7 Å². The smallest absolute Gasteiger partial charge is 0.271 e. The molecular weight excluding hydrogens is 322 g/mol. The minimum Gasteiger partial charge on any atom is -0.357 e. The summed E-state index contributed by atoms with van der Waals surface area (Å²) >= 11 is 7.22. The Balaban J connectivity index is 2.12. The maximum absolute atomic E-state index is 12.2. The lowest BCUT2D eigenvalue weighted by Crippen LogP contribution is -2.45. The average Bonchev–Trinajstić information content (AvgIpc) is 3.02. The van der Waals surface area contributed by atoms with E-state index in [0.717, 1.165) is 10.6 Å². The van der Waals surface area contributed by atoms with Gasteiger partial charge in [-0.05, 0) is 18.6 Å². The molecule has 1 aromatic heterocycles. The summed E-state index contributed by atoms with van der Waals surface area (Å²) in [7, 11) is 1.54. The Bertz CT molecular complexity index is 670. The monoisotopic (exact) mass is 337 g/mol. The van der Waals surface area contributed by atoms with Crippen LogP contribution in [0.2, 0.25) is 5.02 Å². The second-order valence-corrected chi connectivity index (χ2v) is 5.89. The molecule has 0 bridgehead atoms. The van der Waals surface area contributed by atoms with Crippen molar-refractivity contribution in [1.29, 1.82) is 0 Å². The highest BCUT2D eigenvalue weighted by molar-refractivity contribution is 7.13. The number of nitrogens with one attached hydrogen (secondary N) is 2. The largest absolute Gasteiger partial charge is 0.357 e. The van der Waals surface area contributed by atoms with E-state index in [0.29, 0.717) is 17.1 Å². The van der Waals surface area contributed by atoms with Gasteiger partial charge in [-0.3, -0.25) is 9.59 Å². The summed E-state index contributed by atoms with van der Waals surface area (Å²) in [5.41, 5.74) is 1.20. The zero-order valence-electron chi connectivity index (χ0n) is 12.2. The average molecular weight is 338 g/mol. The van der Waals surface area contributed by atoms with Crippen LogP contribution in [-0.2, 0) is 4.79 Å². The first-order valence-corrected chi connectivity index (χ1v) is 8.04. The van der Waals surface area contributed by atoms with Gasteiger partial charge in [0.15, 0.2) is 0 Å². The third kappa shape index (κ3) is 3.84. The molecule has 5 nitrogen and oxygen atoms in total. The van der Waals surface area contributed by atoms with E-state index in [4.69, 9.17) is 11.6 Å². The first-order valence-electron chi connectivity index (χ1n) is 6.79. The number of aromatic nitrogens is 1. The quantitative estimate of drug-likeness (QED) is 0.881. The number of hydrogen-bond donors (Lipinski definition) is 2. The minimum atomic E-state index is -0.557. The number of amides is 2. The fraction of sp³-hybridized carbons (Fsp3) is 0.267. The Morgan fingerprint density at radius 1 is 1.32 bits per heavy atom. The molecule has 2 aromatic rings. The number of likely N-dealkylation sites (N-methyl/N-ethyl adjacent to an activating group) is 1. The van der Waals surface area contributed by atoms with E-state index >= 15 is 0 Å². The molecule has 0 aliphatic rings. The molecule has 0 unspecified atom stereocenters. The van der Waals surface area contributed by atoms with Gasteiger partial charge < -0.3 is 10.6 Å². The maximum Gasteiger partial charge on any atom is 0.271 e. The standard InChI is InChI=1S/C15H16ClN3O2S/c1-3-11(13(20)17-2)18-14(21)12-8-22-15(19-12)9-4-6-10(16)7-5-9/h4-8,11H,3H2,1-2H3,(H,17,20)(H,18,21)/t11-/m0/s1. The molecule has 22 heavy (non-hydrogen) atoms. The molecule has 2 N–H and O–H groups in total. The van der Waals surface area contributed by atoms with E-state index < -0.39 is 6.04 Å². The Morgan fingerprint density at radius 2 is 2.00 bits per heavy atom. The van der Waals surface area contributed by atoms with E-state index in [9.17, 15) is 9.59 Å². The first-order chi connectivity index (χ1) is 10.5. The summed E-state index contributed by atoms with van der Waals surface area (Å²) < 4.78 is 0. The van der Waals surface area contributed by atoms with Gasteiger partial charge in [0.05, 0.1) is 0 Å². The van der Waals surface area contributed by atoms with Gasteiger partial charge in [-0.2, -0.15) is 0 Å². The summed E-state index contributed by atoms with van der Waals surface area (Å²) in [6.45, 7) is 1.83. The molecule has 7 heteroatoms. The molecule has 0 fully saturated rings. The summed E-state index contributed by atoms with van der Waals surface area (Å²) in [5, 5.41) is 8.26. The molecular formula is C15H16ClN3O2S. The van der Waals surface area contributed by atoms with Gasteiger partial charge in [0, 0.05) is 23.0 Å². The topological polar surface area (TPSA) is 71.1 Å². The molecule has 1 aromatic carbocycles. The van der Waals surface area contributed by atoms with Crippen LogP contribution in [0.5, 0.6) is 0 Å².